The highest BCUT2D eigenvalue weighted by Crippen LogP contribution is 2.21. The number of aromatic nitrogens is 1. The molecule has 0 radical (unpaired) electrons. The molecule has 0 aliphatic carbocycles. The Kier molecular flexibility index (Phi) is 3.57. The first kappa shape index (κ1) is 13.6. The van der Waals surface area contributed by atoms with Crippen molar-refractivity contribution in [2.24, 2.45) is 0 Å². The molecule has 3 rings (SSSR count). The molecule has 0 fully saturated rings. The molecular weight excluding hydrogens is 263 g/mol. The lowest BCUT2D eigenvalue weighted by molar-refractivity contribution is 0.629. The standard InChI is InChI=1S/C18H17FN2/c1-12-7-8-18(16(19)9-12)20-11-14-10-13(2)21-17-6-4-3-5-15(14)17/h3-10,20H,11H2,1-2H3. The maximum Gasteiger partial charge on any atom is 0.146 e. The first-order chi connectivity index (χ1) is 10.1. The Hall–Kier alpha value is -2.42. The van der Waals surface area contributed by atoms with Gasteiger partial charge in [-0.05, 0) is 49.2 Å². The molecule has 1 N–H and O–H groups in total. The van der Waals surface area contributed by atoms with Crippen LogP contribution < -0.4 is 5.32 Å². The van der Waals surface area contributed by atoms with Gasteiger partial charge in [-0.3, -0.25) is 4.98 Å². The van der Waals surface area contributed by atoms with E-state index in [2.05, 4.69) is 10.3 Å². The summed E-state index contributed by atoms with van der Waals surface area (Å²) in [6, 6.07) is 15.3. The van der Waals surface area contributed by atoms with Crippen molar-refractivity contribution >= 4 is 16.6 Å². The molecule has 0 aliphatic rings. The van der Waals surface area contributed by atoms with Gasteiger partial charge in [-0.1, -0.05) is 24.3 Å². The van der Waals surface area contributed by atoms with E-state index < -0.39 is 0 Å². The van der Waals surface area contributed by atoms with Gasteiger partial charge in [-0.2, -0.15) is 0 Å². The molecule has 1 aromatic heterocycles. The second-order valence-electron chi connectivity index (χ2n) is 5.28. The lowest BCUT2D eigenvalue weighted by Gasteiger charge is -2.11. The Morgan fingerprint density at radius 3 is 2.67 bits per heavy atom. The molecule has 0 bridgehead atoms. The van der Waals surface area contributed by atoms with Crippen molar-refractivity contribution < 1.29 is 4.39 Å². The molecule has 0 aliphatic heterocycles. The Labute approximate surface area is 123 Å². The number of nitrogens with one attached hydrogen (secondary N) is 1. The minimum Gasteiger partial charge on any atom is -0.379 e. The fourth-order valence-corrected chi connectivity index (χ4v) is 2.50. The van der Waals surface area contributed by atoms with Crippen molar-refractivity contribution in [3.8, 4) is 0 Å². The molecule has 3 heteroatoms. The van der Waals surface area contributed by atoms with Crippen LogP contribution in [0.15, 0.2) is 48.5 Å². The Balaban J connectivity index is 1.91. The number of anilines is 1. The molecule has 1 heterocycles. The number of rotatable bonds is 3. The summed E-state index contributed by atoms with van der Waals surface area (Å²) in [5.41, 5.74) is 4.51. The molecule has 0 saturated heterocycles. The molecule has 0 amide bonds. The molecule has 0 saturated carbocycles. The summed E-state index contributed by atoms with van der Waals surface area (Å²) in [6.07, 6.45) is 0. The second kappa shape index (κ2) is 5.52. The minimum absolute atomic E-state index is 0.218. The van der Waals surface area contributed by atoms with Gasteiger partial charge in [0, 0.05) is 17.6 Å². The number of fused-ring (bicyclic) bond motifs is 1. The zero-order chi connectivity index (χ0) is 14.8. The smallest absolute Gasteiger partial charge is 0.146 e. The van der Waals surface area contributed by atoms with Crippen LogP contribution in [-0.2, 0) is 6.54 Å². The molecule has 106 valence electrons. The van der Waals surface area contributed by atoms with Gasteiger partial charge in [0.25, 0.3) is 0 Å². The van der Waals surface area contributed by atoms with E-state index in [9.17, 15) is 4.39 Å². The summed E-state index contributed by atoms with van der Waals surface area (Å²) < 4.78 is 13.9. The molecule has 0 spiro atoms. The average Bonchev–Trinajstić information content (AvgIpc) is 2.46. The van der Waals surface area contributed by atoms with E-state index in [4.69, 9.17) is 0 Å². The highest BCUT2D eigenvalue weighted by Gasteiger charge is 2.06. The number of benzene rings is 2. The van der Waals surface area contributed by atoms with Crippen molar-refractivity contribution in [2.45, 2.75) is 20.4 Å². The summed E-state index contributed by atoms with van der Waals surface area (Å²) in [5.74, 6) is -0.218. The first-order valence-electron chi connectivity index (χ1n) is 6.99. The molecule has 21 heavy (non-hydrogen) atoms. The van der Waals surface area contributed by atoms with E-state index in [1.807, 2.05) is 50.2 Å². The Bertz CT molecular complexity index is 796. The van der Waals surface area contributed by atoms with Crippen LogP contribution in [0, 0.1) is 19.7 Å². The highest BCUT2D eigenvalue weighted by atomic mass is 19.1. The van der Waals surface area contributed by atoms with E-state index in [-0.39, 0.29) is 5.82 Å². The fraction of sp³-hybridized carbons (Fsp3) is 0.167. The molecule has 2 aromatic carbocycles. The third-order valence-corrected chi connectivity index (χ3v) is 3.52. The zero-order valence-corrected chi connectivity index (χ0v) is 12.2. The number of pyridine rings is 1. The number of aryl methyl sites for hydroxylation is 2. The van der Waals surface area contributed by atoms with Gasteiger partial charge >= 0.3 is 0 Å². The quantitative estimate of drug-likeness (QED) is 0.758. The summed E-state index contributed by atoms with van der Waals surface area (Å²) in [5, 5.41) is 4.27. The number of hydrogen-bond donors (Lipinski definition) is 1. The lowest BCUT2D eigenvalue weighted by atomic mass is 10.1. The van der Waals surface area contributed by atoms with Gasteiger partial charge < -0.3 is 5.32 Å². The largest absolute Gasteiger partial charge is 0.379 e. The van der Waals surface area contributed by atoms with Crippen LogP contribution in [0.4, 0.5) is 10.1 Å². The monoisotopic (exact) mass is 280 g/mol. The molecule has 0 unspecified atom stereocenters. The van der Waals surface area contributed by atoms with E-state index in [1.54, 1.807) is 6.07 Å². The number of nitrogens with zero attached hydrogens (tertiary/aromatic N) is 1. The fourth-order valence-electron chi connectivity index (χ4n) is 2.50. The van der Waals surface area contributed by atoms with E-state index >= 15 is 0 Å². The number of para-hydroxylation sites is 1. The maximum atomic E-state index is 13.9. The topological polar surface area (TPSA) is 24.9 Å². The van der Waals surface area contributed by atoms with Gasteiger partial charge in [-0.25, -0.2) is 4.39 Å². The van der Waals surface area contributed by atoms with Crippen LogP contribution in [0.3, 0.4) is 0 Å². The third kappa shape index (κ3) is 2.87. The summed E-state index contributed by atoms with van der Waals surface area (Å²) in [4.78, 5) is 4.52. The van der Waals surface area contributed by atoms with Gasteiger partial charge in [0.1, 0.15) is 5.82 Å². The van der Waals surface area contributed by atoms with Crippen LogP contribution in [0.1, 0.15) is 16.8 Å². The van der Waals surface area contributed by atoms with Crippen molar-refractivity contribution in [3.63, 3.8) is 0 Å². The van der Waals surface area contributed by atoms with Crippen LogP contribution in [0.25, 0.3) is 10.9 Å². The van der Waals surface area contributed by atoms with Crippen LogP contribution in [0.5, 0.6) is 0 Å². The van der Waals surface area contributed by atoms with E-state index in [0.29, 0.717) is 12.2 Å². The zero-order valence-electron chi connectivity index (χ0n) is 12.2. The van der Waals surface area contributed by atoms with Gasteiger partial charge in [0.05, 0.1) is 11.2 Å². The number of hydrogen-bond acceptors (Lipinski definition) is 2. The normalized spacial score (nSPS) is 10.8. The van der Waals surface area contributed by atoms with Gasteiger partial charge in [0.2, 0.25) is 0 Å². The average molecular weight is 280 g/mol. The molecule has 3 aromatic rings. The van der Waals surface area contributed by atoms with Gasteiger partial charge in [0.15, 0.2) is 0 Å². The van der Waals surface area contributed by atoms with Crippen molar-refractivity contribution in [1.29, 1.82) is 0 Å². The van der Waals surface area contributed by atoms with E-state index in [1.165, 1.54) is 6.07 Å². The third-order valence-electron chi connectivity index (χ3n) is 3.52. The Morgan fingerprint density at radius 2 is 1.86 bits per heavy atom. The predicted molar refractivity (Wildman–Crippen MR) is 84.9 cm³/mol. The van der Waals surface area contributed by atoms with Gasteiger partial charge in [-0.15, -0.1) is 0 Å². The summed E-state index contributed by atoms with van der Waals surface area (Å²) in [7, 11) is 0. The van der Waals surface area contributed by atoms with Crippen molar-refractivity contribution in [1.82, 2.24) is 4.98 Å². The van der Waals surface area contributed by atoms with Crippen molar-refractivity contribution in [3.05, 3.63) is 71.2 Å². The molecule has 0 atom stereocenters. The minimum atomic E-state index is -0.218. The van der Waals surface area contributed by atoms with Crippen LogP contribution in [-0.4, -0.2) is 4.98 Å². The summed E-state index contributed by atoms with van der Waals surface area (Å²) in [6.45, 7) is 4.43. The predicted octanol–water partition coefficient (Wildman–Crippen LogP) is 4.60. The maximum absolute atomic E-state index is 13.9. The summed E-state index contributed by atoms with van der Waals surface area (Å²) >= 11 is 0. The molecule has 2 nitrogen and oxygen atoms in total. The Morgan fingerprint density at radius 1 is 1.05 bits per heavy atom. The SMILES string of the molecule is Cc1ccc(NCc2cc(C)nc3ccccc23)c(F)c1. The lowest BCUT2D eigenvalue weighted by Crippen LogP contribution is -2.03. The van der Waals surface area contributed by atoms with Crippen molar-refractivity contribution in [2.75, 3.05) is 5.32 Å². The highest BCUT2D eigenvalue weighted by molar-refractivity contribution is 5.82. The van der Waals surface area contributed by atoms with E-state index in [0.717, 1.165) is 27.7 Å². The second-order valence-corrected chi connectivity index (χ2v) is 5.28. The van der Waals surface area contributed by atoms with Crippen LogP contribution in [0.2, 0.25) is 0 Å². The van der Waals surface area contributed by atoms with Crippen LogP contribution >= 0.6 is 0 Å². The number of halogens is 1. The first-order valence-corrected chi connectivity index (χ1v) is 6.99. The molecular formula is C18H17FN2.